The zero-order valence-electron chi connectivity index (χ0n) is 48.2. The minimum absolute atomic E-state index is 0.0190. The minimum atomic E-state index is -0.842. The summed E-state index contributed by atoms with van der Waals surface area (Å²) in [5.41, 5.74) is 0. The second kappa shape index (κ2) is 61.1. The Hall–Kier alpha value is -1.40. The van der Waals surface area contributed by atoms with Crippen LogP contribution in [0.3, 0.4) is 0 Å². The topological polar surface area (TPSA) is 95.9 Å². The van der Waals surface area contributed by atoms with Crippen molar-refractivity contribution in [1.82, 2.24) is 5.32 Å². The molecule has 0 spiro atoms. The molecule has 0 aromatic carbocycles. The van der Waals surface area contributed by atoms with Crippen molar-refractivity contribution in [3.63, 3.8) is 0 Å². The maximum atomic E-state index is 12.5. The van der Waals surface area contributed by atoms with Crippen LogP contribution in [0.1, 0.15) is 367 Å². The quantitative estimate of drug-likeness (QED) is 0.0320. The minimum Gasteiger partial charge on any atom is -0.466 e. The summed E-state index contributed by atoms with van der Waals surface area (Å²) in [5.74, 6) is -0.0468. The second-order valence-corrected chi connectivity index (χ2v) is 22.5. The van der Waals surface area contributed by atoms with E-state index in [-0.39, 0.29) is 18.5 Å². The third-order valence-corrected chi connectivity index (χ3v) is 15.3. The van der Waals surface area contributed by atoms with E-state index in [9.17, 15) is 19.8 Å². The van der Waals surface area contributed by atoms with E-state index in [4.69, 9.17) is 4.74 Å². The van der Waals surface area contributed by atoms with Crippen molar-refractivity contribution in [3.8, 4) is 0 Å². The van der Waals surface area contributed by atoms with Crippen LogP contribution in [0.2, 0.25) is 0 Å². The summed E-state index contributed by atoms with van der Waals surface area (Å²) in [4.78, 5) is 24.6. The Bertz CT molecular complexity index is 1060. The number of carbonyl (C=O) groups excluding carboxylic acids is 2. The van der Waals surface area contributed by atoms with E-state index in [1.54, 1.807) is 6.08 Å². The van der Waals surface area contributed by atoms with E-state index in [0.29, 0.717) is 19.4 Å². The van der Waals surface area contributed by atoms with Crippen LogP contribution in [0.5, 0.6) is 0 Å². The predicted molar refractivity (Wildman–Crippen MR) is 310 cm³/mol. The summed E-state index contributed by atoms with van der Waals surface area (Å²) in [6.45, 7) is 4.93. The number of amides is 1. The molecule has 422 valence electrons. The first-order chi connectivity index (χ1) is 35.0. The number of aliphatic hydroxyl groups is 2. The van der Waals surface area contributed by atoms with Crippen molar-refractivity contribution in [2.24, 2.45) is 0 Å². The lowest BCUT2D eigenvalue weighted by Gasteiger charge is -2.20. The van der Waals surface area contributed by atoms with Gasteiger partial charge in [-0.25, -0.2) is 0 Å². The Kier molecular flexibility index (Phi) is 59.9. The van der Waals surface area contributed by atoms with Gasteiger partial charge in [-0.15, -0.1) is 0 Å². The molecule has 0 saturated heterocycles. The molecule has 0 aliphatic rings. The lowest BCUT2D eigenvalue weighted by molar-refractivity contribution is -0.143. The summed E-state index contributed by atoms with van der Waals surface area (Å²) in [7, 11) is 0. The van der Waals surface area contributed by atoms with Gasteiger partial charge in [0.05, 0.1) is 25.4 Å². The third kappa shape index (κ3) is 57.7. The maximum absolute atomic E-state index is 12.5. The highest BCUT2D eigenvalue weighted by molar-refractivity contribution is 5.76. The first-order valence-corrected chi connectivity index (χ1v) is 32.5. The number of esters is 1. The Labute approximate surface area is 444 Å². The number of carbonyl (C=O) groups is 2. The van der Waals surface area contributed by atoms with Gasteiger partial charge >= 0.3 is 5.97 Å². The van der Waals surface area contributed by atoms with Gasteiger partial charge in [0.2, 0.25) is 5.91 Å². The van der Waals surface area contributed by atoms with Gasteiger partial charge in [0, 0.05) is 12.8 Å². The van der Waals surface area contributed by atoms with Gasteiger partial charge in [-0.1, -0.05) is 334 Å². The van der Waals surface area contributed by atoms with E-state index in [2.05, 4.69) is 19.2 Å². The van der Waals surface area contributed by atoms with Crippen molar-refractivity contribution in [2.45, 2.75) is 379 Å². The summed E-state index contributed by atoms with van der Waals surface area (Å²) < 4.78 is 5.51. The molecule has 0 fully saturated rings. The molecule has 2 atom stereocenters. The van der Waals surface area contributed by atoms with Crippen LogP contribution in [0.4, 0.5) is 0 Å². The molecule has 0 saturated carbocycles. The van der Waals surface area contributed by atoms with Gasteiger partial charge in [0.1, 0.15) is 0 Å². The molecule has 1 amide bonds. The summed E-state index contributed by atoms with van der Waals surface area (Å²) in [5, 5.41) is 23.1. The number of nitrogens with one attached hydrogen (secondary N) is 1. The van der Waals surface area contributed by atoms with Gasteiger partial charge in [-0.05, 0) is 32.1 Å². The van der Waals surface area contributed by atoms with Gasteiger partial charge in [-0.3, -0.25) is 9.59 Å². The van der Waals surface area contributed by atoms with Crippen LogP contribution in [0.15, 0.2) is 12.2 Å². The van der Waals surface area contributed by atoms with Gasteiger partial charge in [0.15, 0.2) is 0 Å². The average Bonchev–Trinajstić information content (AvgIpc) is 3.37. The SMILES string of the molecule is CCCCCCCCCCCCC/C=C/C(O)C(CO)NC(=O)CCCCCCCCCCCCCCCCCCCCCCCCCOC(=O)CCCCCCCCCCCCCCCCCCCC. The maximum Gasteiger partial charge on any atom is 0.305 e. The first kappa shape index (κ1) is 69.6. The molecule has 3 N–H and O–H groups in total. The van der Waals surface area contributed by atoms with Crippen molar-refractivity contribution in [2.75, 3.05) is 13.2 Å². The van der Waals surface area contributed by atoms with Crippen LogP contribution >= 0.6 is 0 Å². The Balaban J connectivity index is 3.35. The number of aliphatic hydroxyl groups excluding tert-OH is 2. The number of unbranched alkanes of at least 4 members (excludes halogenated alkanes) is 50. The molecule has 0 aromatic rings. The smallest absolute Gasteiger partial charge is 0.305 e. The predicted octanol–water partition coefficient (Wildman–Crippen LogP) is 20.4. The molecule has 0 heterocycles. The van der Waals surface area contributed by atoms with Gasteiger partial charge < -0.3 is 20.3 Å². The molecule has 0 radical (unpaired) electrons. The van der Waals surface area contributed by atoms with Crippen LogP contribution in [0.25, 0.3) is 0 Å². The van der Waals surface area contributed by atoms with Crippen molar-refractivity contribution in [1.29, 1.82) is 0 Å². The van der Waals surface area contributed by atoms with Crippen LogP contribution in [-0.2, 0) is 14.3 Å². The number of hydrogen-bond donors (Lipinski definition) is 3. The van der Waals surface area contributed by atoms with E-state index in [0.717, 1.165) is 38.5 Å². The fraction of sp³-hybridized carbons (Fsp3) is 0.938. The molecular formula is C65H127NO5. The van der Waals surface area contributed by atoms with Crippen LogP contribution < -0.4 is 5.32 Å². The lowest BCUT2D eigenvalue weighted by atomic mass is 10.0. The van der Waals surface area contributed by atoms with Gasteiger partial charge in [0.25, 0.3) is 0 Å². The zero-order chi connectivity index (χ0) is 51.4. The second-order valence-electron chi connectivity index (χ2n) is 22.5. The van der Waals surface area contributed by atoms with Gasteiger partial charge in [-0.2, -0.15) is 0 Å². The van der Waals surface area contributed by atoms with E-state index >= 15 is 0 Å². The fourth-order valence-corrected chi connectivity index (χ4v) is 10.3. The summed E-state index contributed by atoms with van der Waals surface area (Å²) >= 11 is 0. The molecule has 6 nitrogen and oxygen atoms in total. The molecular weight excluding hydrogens is 875 g/mol. The number of rotatable bonds is 61. The fourth-order valence-electron chi connectivity index (χ4n) is 10.3. The van der Waals surface area contributed by atoms with Crippen molar-refractivity contribution >= 4 is 11.9 Å². The molecule has 0 aromatic heterocycles. The molecule has 0 bridgehead atoms. The van der Waals surface area contributed by atoms with Crippen molar-refractivity contribution in [3.05, 3.63) is 12.2 Å². The molecule has 0 aliphatic carbocycles. The standard InChI is InChI=1S/C65H127NO5/c1-3-5-7-9-11-13-15-17-18-19-28-31-35-39-43-47-51-55-59-65(70)71-60-56-52-48-44-40-36-32-29-26-24-22-20-21-23-25-27-30-34-38-42-46-50-54-58-64(69)66-62(61-67)63(68)57-53-49-45-41-37-33-16-14-12-10-8-6-4-2/h53,57,62-63,67-68H,3-52,54-56,58-61H2,1-2H3,(H,66,69)/b57-53+. The molecule has 6 heteroatoms. The molecule has 2 unspecified atom stereocenters. The number of allylic oxidation sites excluding steroid dienone is 1. The highest BCUT2D eigenvalue weighted by atomic mass is 16.5. The average molecular weight is 1000 g/mol. The Morgan fingerprint density at radius 3 is 0.958 bits per heavy atom. The lowest BCUT2D eigenvalue weighted by Crippen LogP contribution is -2.45. The van der Waals surface area contributed by atoms with E-state index in [1.165, 1.54) is 302 Å². The van der Waals surface area contributed by atoms with Crippen molar-refractivity contribution < 1.29 is 24.5 Å². The number of hydrogen-bond acceptors (Lipinski definition) is 5. The molecule has 0 rings (SSSR count). The Morgan fingerprint density at radius 2 is 0.648 bits per heavy atom. The normalized spacial score (nSPS) is 12.6. The van der Waals surface area contributed by atoms with E-state index in [1.807, 2.05) is 6.08 Å². The molecule has 0 aliphatic heterocycles. The zero-order valence-corrected chi connectivity index (χ0v) is 48.2. The third-order valence-electron chi connectivity index (χ3n) is 15.3. The summed E-state index contributed by atoms with van der Waals surface area (Å²) in [6, 6.07) is -0.626. The van der Waals surface area contributed by atoms with E-state index < -0.39 is 12.1 Å². The first-order valence-electron chi connectivity index (χ1n) is 32.5. The largest absolute Gasteiger partial charge is 0.466 e. The van der Waals surface area contributed by atoms with Crippen LogP contribution in [-0.4, -0.2) is 47.4 Å². The summed E-state index contributed by atoms with van der Waals surface area (Å²) in [6.07, 6.45) is 74.1. The highest BCUT2D eigenvalue weighted by Gasteiger charge is 2.18. The monoisotopic (exact) mass is 1000 g/mol. The van der Waals surface area contributed by atoms with Crippen LogP contribution in [0, 0.1) is 0 Å². The Morgan fingerprint density at radius 1 is 0.380 bits per heavy atom. The highest BCUT2D eigenvalue weighted by Crippen LogP contribution is 2.18. The number of ether oxygens (including phenoxy) is 1. The molecule has 71 heavy (non-hydrogen) atoms.